The number of benzene rings is 2. The molecule has 0 unspecified atom stereocenters. The van der Waals surface area contributed by atoms with Crippen LogP contribution in [0.3, 0.4) is 0 Å². The van der Waals surface area contributed by atoms with E-state index in [2.05, 4.69) is 9.97 Å². The smallest absolute Gasteiger partial charge is 0.314 e. The van der Waals surface area contributed by atoms with Crippen LogP contribution in [0.4, 0.5) is 0 Å². The van der Waals surface area contributed by atoms with Crippen molar-refractivity contribution in [3.63, 3.8) is 0 Å². The van der Waals surface area contributed by atoms with Crippen molar-refractivity contribution in [2.45, 2.75) is 17.9 Å². The summed E-state index contributed by atoms with van der Waals surface area (Å²) in [7, 11) is -2.27. The highest BCUT2D eigenvalue weighted by Crippen LogP contribution is 2.26. The molecule has 1 aromatic heterocycles. The van der Waals surface area contributed by atoms with Gasteiger partial charge >= 0.3 is 11.1 Å². The molecule has 8 heteroatoms. The Kier molecular flexibility index (Phi) is 4.32. The zero-order valence-electron chi connectivity index (χ0n) is 13.7. The molecule has 1 atom stereocenters. The third-order valence-electron chi connectivity index (χ3n) is 4.20. The zero-order chi connectivity index (χ0) is 18.2. The van der Waals surface area contributed by atoms with Gasteiger partial charge < -0.3 is 9.97 Å². The van der Waals surface area contributed by atoms with E-state index in [0.717, 1.165) is 5.56 Å². The summed E-state index contributed by atoms with van der Waals surface area (Å²) in [6, 6.07) is 13.1. The van der Waals surface area contributed by atoms with E-state index in [1.165, 1.54) is 29.6 Å². The molecule has 0 aliphatic carbocycles. The van der Waals surface area contributed by atoms with Crippen LogP contribution in [0.5, 0.6) is 0 Å². The third-order valence-corrected chi connectivity index (χ3v) is 6.12. The first-order valence-corrected chi connectivity index (χ1v) is 9.04. The molecule has 2 aromatic carbocycles. The van der Waals surface area contributed by atoms with Crippen LogP contribution in [0.15, 0.2) is 63.0 Å². The molecule has 0 amide bonds. The molecule has 0 saturated carbocycles. The fourth-order valence-corrected chi connectivity index (χ4v) is 3.95. The van der Waals surface area contributed by atoms with Gasteiger partial charge in [-0.3, -0.25) is 9.59 Å². The van der Waals surface area contributed by atoms with Gasteiger partial charge in [0.25, 0.3) is 0 Å². The van der Waals surface area contributed by atoms with Gasteiger partial charge in [0.15, 0.2) is 0 Å². The molecule has 25 heavy (non-hydrogen) atoms. The molecule has 130 valence electrons. The predicted octanol–water partition coefficient (Wildman–Crippen LogP) is 1.60. The van der Waals surface area contributed by atoms with Gasteiger partial charge in [0.2, 0.25) is 10.0 Å². The molecule has 2 N–H and O–H groups in total. The summed E-state index contributed by atoms with van der Waals surface area (Å²) >= 11 is 0. The summed E-state index contributed by atoms with van der Waals surface area (Å²) in [6.07, 6.45) is 0. The van der Waals surface area contributed by atoms with E-state index in [0.29, 0.717) is 5.52 Å². The number of aromatic amines is 2. The van der Waals surface area contributed by atoms with E-state index in [9.17, 15) is 18.0 Å². The number of nitrogens with zero attached hydrogens (tertiary/aromatic N) is 1. The SMILES string of the molecule is C[C@H](c1ccccc1)N(C)S(=O)(=O)c1ccc2[nH]c(=O)c(=O)[nH]c2c1. The summed E-state index contributed by atoms with van der Waals surface area (Å²) in [6.45, 7) is 1.80. The van der Waals surface area contributed by atoms with Crippen LogP contribution < -0.4 is 11.1 Å². The summed E-state index contributed by atoms with van der Waals surface area (Å²) < 4.78 is 27.1. The maximum Gasteiger partial charge on any atom is 0.314 e. The van der Waals surface area contributed by atoms with Crippen LogP contribution >= 0.6 is 0 Å². The second kappa shape index (κ2) is 6.30. The van der Waals surface area contributed by atoms with Gasteiger partial charge in [-0.25, -0.2) is 8.42 Å². The molecule has 0 aliphatic heterocycles. The average molecular weight is 359 g/mol. The minimum atomic E-state index is -3.78. The summed E-state index contributed by atoms with van der Waals surface area (Å²) in [5.41, 5.74) is -0.119. The monoisotopic (exact) mass is 359 g/mol. The van der Waals surface area contributed by atoms with Gasteiger partial charge in [-0.1, -0.05) is 30.3 Å². The lowest BCUT2D eigenvalue weighted by molar-refractivity contribution is 0.398. The van der Waals surface area contributed by atoms with Crippen LogP contribution in [-0.2, 0) is 10.0 Å². The topological polar surface area (TPSA) is 103 Å². The predicted molar refractivity (Wildman–Crippen MR) is 95.0 cm³/mol. The molecule has 0 fully saturated rings. The molecule has 0 radical (unpaired) electrons. The van der Waals surface area contributed by atoms with Crippen LogP contribution in [0.25, 0.3) is 11.0 Å². The van der Waals surface area contributed by atoms with Crippen LogP contribution in [-0.4, -0.2) is 29.7 Å². The number of fused-ring (bicyclic) bond motifs is 1. The largest absolute Gasteiger partial charge is 0.316 e. The number of aromatic nitrogens is 2. The molecule has 0 bridgehead atoms. The molecule has 0 saturated heterocycles. The maximum atomic E-state index is 12.9. The first-order chi connectivity index (χ1) is 11.8. The van der Waals surface area contributed by atoms with E-state index in [1.807, 2.05) is 30.3 Å². The third kappa shape index (κ3) is 3.13. The molecule has 0 aliphatic rings. The van der Waals surface area contributed by atoms with Gasteiger partial charge in [-0.15, -0.1) is 0 Å². The lowest BCUT2D eigenvalue weighted by Gasteiger charge is -2.24. The molecule has 0 spiro atoms. The fourth-order valence-electron chi connectivity index (χ4n) is 2.57. The van der Waals surface area contributed by atoms with Crippen molar-refractivity contribution in [2.24, 2.45) is 0 Å². The van der Waals surface area contributed by atoms with Crippen LogP contribution in [0, 0.1) is 0 Å². The standard InChI is InChI=1S/C17H17N3O4S/c1-11(12-6-4-3-5-7-12)20(2)25(23,24)13-8-9-14-15(10-13)19-17(22)16(21)18-14/h3-11H,1-2H3,(H,18,21)(H,19,22)/t11-/m1/s1. The van der Waals surface area contributed by atoms with Crippen molar-refractivity contribution in [3.05, 3.63) is 74.8 Å². The minimum absolute atomic E-state index is 0.0352. The fraction of sp³-hybridized carbons (Fsp3) is 0.176. The molecule has 3 rings (SSSR count). The van der Waals surface area contributed by atoms with Gasteiger partial charge in [-0.2, -0.15) is 4.31 Å². The van der Waals surface area contributed by atoms with E-state index in [-0.39, 0.29) is 16.5 Å². The Balaban J connectivity index is 2.04. The van der Waals surface area contributed by atoms with Gasteiger partial charge in [0, 0.05) is 13.1 Å². The van der Waals surface area contributed by atoms with Crippen molar-refractivity contribution in [2.75, 3.05) is 7.05 Å². The summed E-state index contributed by atoms with van der Waals surface area (Å²) in [5.74, 6) is 0. The highest BCUT2D eigenvalue weighted by molar-refractivity contribution is 7.89. The van der Waals surface area contributed by atoms with Crippen molar-refractivity contribution >= 4 is 21.1 Å². The van der Waals surface area contributed by atoms with Crippen molar-refractivity contribution in [1.29, 1.82) is 0 Å². The van der Waals surface area contributed by atoms with Crippen molar-refractivity contribution in [3.8, 4) is 0 Å². The van der Waals surface area contributed by atoms with E-state index in [1.54, 1.807) is 6.92 Å². The van der Waals surface area contributed by atoms with Crippen molar-refractivity contribution < 1.29 is 8.42 Å². The molecule has 1 heterocycles. The number of nitrogens with one attached hydrogen (secondary N) is 2. The number of hydrogen-bond acceptors (Lipinski definition) is 4. The van der Waals surface area contributed by atoms with E-state index < -0.39 is 21.1 Å². The molecular weight excluding hydrogens is 342 g/mol. The Morgan fingerprint density at radius 1 is 0.920 bits per heavy atom. The number of sulfonamides is 1. The quantitative estimate of drug-likeness (QED) is 0.691. The van der Waals surface area contributed by atoms with Crippen molar-refractivity contribution in [1.82, 2.24) is 14.3 Å². The number of hydrogen-bond donors (Lipinski definition) is 2. The lowest BCUT2D eigenvalue weighted by atomic mass is 10.1. The summed E-state index contributed by atoms with van der Waals surface area (Å²) in [4.78, 5) is 27.6. The molecule has 7 nitrogen and oxygen atoms in total. The Hall–Kier alpha value is -2.71. The lowest BCUT2D eigenvalue weighted by Crippen LogP contribution is -2.30. The second-order valence-corrected chi connectivity index (χ2v) is 7.72. The average Bonchev–Trinajstić information content (AvgIpc) is 2.61. The number of rotatable bonds is 4. The van der Waals surface area contributed by atoms with Gasteiger partial charge in [-0.05, 0) is 30.7 Å². The minimum Gasteiger partial charge on any atom is -0.316 e. The Morgan fingerprint density at radius 3 is 2.16 bits per heavy atom. The Labute approximate surface area is 144 Å². The van der Waals surface area contributed by atoms with Gasteiger partial charge in [0.1, 0.15) is 0 Å². The van der Waals surface area contributed by atoms with E-state index in [4.69, 9.17) is 0 Å². The highest BCUT2D eigenvalue weighted by atomic mass is 32.2. The van der Waals surface area contributed by atoms with Crippen LogP contribution in [0.1, 0.15) is 18.5 Å². The Bertz CT molecular complexity index is 1130. The molecule has 3 aromatic rings. The van der Waals surface area contributed by atoms with E-state index >= 15 is 0 Å². The second-order valence-electron chi connectivity index (χ2n) is 5.72. The number of H-pyrrole nitrogens is 2. The normalized spacial score (nSPS) is 13.2. The first-order valence-electron chi connectivity index (χ1n) is 7.60. The molecular formula is C17H17N3O4S. The van der Waals surface area contributed by atoms with Crippen LogP contribution in [0.2, 0.25) is 0 Å². The first kappa shape index (κ1) is 17.1. The summed E-state index contributed by atoms with van der Waals surface area (Å²) in [5, 5.41) is 0. The zero-order valence-corrected chi connectivity index (χ0v) is 14.5. The highest BCUT2D eigenvalue weighted by Gasteiger charge is 2.26. The maximum absolute atomic E-state index is 12.9. The van der Waals surface area contributed by atoms with Gasteiger partial charge in [0.05, 0.1) is 15.9 Å². The Morgan fingerprint density at radius 2 is 1.52 bits per heavy atom.